The number of hydrogen-bond acceptors (Lipinski definition) is 7. The van der Waals surface area contributed by atoms with Crippen molar-refractivity contribution in [2.45, 2.75) is 25.9 Å². The maximum Gasteiger partial charge on any atom is 0.343 e. The molecule has 5 aromatic rings. The number of fused-ring (bicyclic) bond motifs is 3. The normalized spacial score (nSPS) is 14.3. The molecule has 40 heavy (non-hydrogen) atoms. The second kappa shape index (κ2) is 10.3. The van der Waals surface area contributed by atoms with Crippen molar-refractivity contribution < 1.29 is 33.3 Å². The molecule has 2 heterocycles. The van der Waals surface area contributed by atoms with Crippen molar-refractivity contribution in [3.8, 4) is 40.1 Å². The number of phenols is 1. The van der Waals surface area contributed by atoms with Crippen LogP contribution in [0.4, 0.5) is 0 Å². The molecule has 1 aliphatic heterocycles. The first kappa shape index (κ1) is 25.4. The highest BCUT2D eigenvalue weighted by Gasteiger charge is 2.30. The van der Waals surface area contributed by atoms with E-state index in [1.165, 1.54) is 13.2 Å². The summed E-state index contributed by atoms with van der Waals surface area (Å²) >= 11 is 0. The number of aromatic hydroxyl groups is 1. The molecule has 1 aliphatic rings. The van der Waals surface area contributed by atoms with Crippen LogP contribution in [0.1, 0.15) is 39.6 Å². The Balaban J connectivity index is 1.50. The molecule has 1 N–H and O–H groups in total. The van der Waals surface area contributed by atoms with E-state index in [0.29, 0.717) is 45.3 Å². The molecule has 1 unspecified atom stereocenters. The largest absolute Gasteiger partial charge is 0.507 e. The molecular weight excluding hydrogens is 508 g/mol. The predicted octanol–water partition coefficient (Wildman–Crippen LogP) is 7.42. The van der Waals surface area contributed by atoms with Gasteiger partial charge in [0.15, 0.2) is 0 Å². The third-order valence-corrected chi connectivity index (χ3v) is 7.28. The Morgan fingerprint density at radius 2 is 1.65 bits per heavy atom. The van der Waals surface area contributed by atoms with E-state index in [0.717, 1.165) is 29.4 Å². The van der Waals surface area contributed by atoms with Crippen LogP contribution >= 0.6 is 0 Å². The average Bonchev–Trinajstić information content (AvgIpc) is 3.42. The summed E-state index contributed by atoms with van der Waals surface area (Å²) in [4.78, 5) is 13.0. The van der Waals surface area contributed by atoms with Crippen molar-refractivity contribution in [2.75, 3.05) is 14.2 Å². The van der Waals surface area contributed by atoms with Crippen molar-refractivity contribution in [3.63, 3.8) is 0 Å². The van der Waals surface area contributed by atoms with Crippen LogP contribution in [-0.4, -0.2) is 25.3 Å². The zero-order chi connectivity index (χ0) is 27.8. The van der Waals surface area contributed by atoms with Crippen LogP contribution in [0.5, 0.6) is 28.7 Å². The summed E-state index contributed by atoms with van der Waals surface area (Å²) in [6.07, 6.45) is 1.47. The topological polar surface area (TPSA) is 87.4 Å². The van der Waals surface area contributed by atoms with E-state index in [1.807, 2.05) is 36.4 Å². The number of phenolic OH excluding ortho intramolecular Hbond substituents is 1. The van der Waals surface area contributed by atoms with Crippen molar-refractivity contribution >= 4 is 16.9 Å². The van der Waals surface area contributed by atoms with Gasteiger partial charge in [0, 0.05) is 23.3 Å². The van der Waals surface area contributed by atoms with E-state index in [1.54, 1.807) is 38.3 Å². The average molecular weight is 537 g/mol. The summed E-state index contributed by atoms with van der Waals surface area (Å²) in [5.41, 5.74) is 3.88. The number of ether oxygens (including phenoxy) is 4. The van der Waals surface area contributed by atoms with Crippen molar-refractivity contribution in [2.24, 2.45) is 0 Å². The molecule has 0 fully saturated rings. The zero-order valence-electron chi connectivity index (χ0n) is 22.4. The number of methoxy groups -OCH3 is 2. The lowest BCUT2D eigenvalue weighted by molar-refractivity contribution is 0.0735. The molecule has 0 saturated carbocycles. The Hall–Kier alpha value is -4.91. The third kappa shape index (κ3) is 4.39. The minimum absolute atomic E-state index is 0.0688. The van der Waals surface area contributed by atoms with Crippen molar-refractivity contribution in [3.05, 3.63) is 101 Å². The van der Waals surface area contributed by atoms with Gasteiger partial charge in [0.1, 0.15) is 51.8 Å². The maximum atomic E-state index is 13.0. The third-order valence-electron chi connectivity index (χ3n) is 7.28. The van der Waals surface area contributed by atoms with Gasteiger partial charge in [-0.2, -0.15) is 0 Å². The van der Waals surface area contributed by atoms with E-state index in [-0.39, 0.29) is 17.6 Å². The van der Waals surface area contributed by atoms with Crippen LogP contribution in [0, 0.1) is 6.92 Å². The van der Waals surface area contributed by atoms with Gasteiger partial charge < -0.3 is 28.5 Å². The van der Waals surface area contributed by atoms with Gasteiger partial charge in [0.25, 0.3) is 0 Å². The molecule has 4 aromatic carbocycles. The van der Waals surface area contributed by atoms with Gasteiger partial charge in [0.05, 0.1) is 25.2 Å². The number of carbonyl (C=O) groups is 1. The van der Waals surface area contributed by atoms with Gasteiger partial charge in [0.2, 0.25) is 0 Å². The summed E-state index contributed by atoms with van der Waals surface area (Å²) in [6.45, 7) is 1.72. The van der Waals surface area contributed by atoms with Gasteiger partial charge in [-0.05, 0) is 43.5 Å². The lowest BCUT2D eigenvalue weighted by Crippen LogP contribution is -2.16. The summed E-state index contributed by atoms with van der Waals surface area (Å²) in [7, 11) is 3.12. The molecule has 0 bridgehead atoms. The van der Waals surface area contributed by atoms with E-state index in [2.05, 4.69) is 12.1 Å². The zero-order valence-corrected chi connectivity index (χ0v) is 22.4. The van der Waals surface area contributed by atoms with Crippen LogP contribution in [0.3, 0.4) is 0 Å². The SMILES string of the molecule is COc1cc2oc(-c3c(OC(=O)c4ccccc4)cc(O)c(C)c3OC)cc2c2c1CCC(c1ccccc1)O2. The number of benzene rings is 4. The molecule has 0 saturated heterocycles. The Kier molecular flexibility index (Phi) is 6.56. The summed E-state index contributed by atoms with van der Waals surface area (Å²) in [5, 5.41) is 11.4. The monoisotopic (exact) mass is 536 g/mol. The summed E-state index contributed by atoms with van der Waals surface area (Å²) in [5.74, 6) is 1.57. The molecule has 6 rings (SSSR count). The summed E-state index contributed by atoms with van der Waals surface area (Å²) < 4.78 is 30.1. The van der Waals surface area contributed by atoms with Gasteiger partial charge in [-0.25, -0.2) is 4.79 Å². The van der Waals surface area contributed by atoms with Gasteiger partial charge in [-0.1, -0.05) is 48.5 Å². The summed E-state index contributed by atoms with van der Waals surface area (Å²) in [6, 6.07) is 23.9. The Morgan fingerprint density at radius 3 is 2.35 bits per heavy atom. The minimum Gasteiger partial charge on any atom is -0.507 e. The van der Waals surface area contributed by atoms with E-state index in [4.69, 9.17) is 23.4 Å². The highest BCUT2D eigenvalue weighted by atomic mass is 16.5. The molecule has 0 radical (unpaired) electrons. The fraction of sp³-hybridized carbons (Fsp3) is 0.182. The molecule has 7 heteroatoms. The Labute approximate surface area is 231 Å². The van der Waals surface area contributed by atoms with Gasteiger partial charge >= 0.3 is 5.97 Å². The molecule has 0 aliphatic carbocycles. The highest BCUT2D eigenvalue weighted by molar-refractivity contribution is 5.96. The van der Waals surface area contributed by atoms with Crippen LogP contribution in [0.15, 0.2) is 83.3 Å². The second-order valence-electron chi connectivity index (χ2n) is 9.65. The van der Waals surface area contributed by atoms with Crippen molar-refractivity contribution in [1.29, 1.82) is 0 Å². The number of rotatable bonds is 6. The standard InChI is InChI=1S/C33H28O7/c1-19-24(34)17-29(40-33(35)21-12-8-5-9-13-21)30(31(19)37-3)28-16-23-27(38-28)18-26(36-2)22-14-15-25(39-32(22)23)20-10-6-4-7-11-20/h4-13,16-18,25,34H,14-15H2,1-3H3. The quantitative estimate of drug-likeness (QED) is 0.178. The predicted molar refractivity (Wildman–Crippen MR) is 151 cm³/mol. The second-order valence-corrected chi connectivity index (χ2v) is 9.65. The molecule has 0 spiro atoms. The first-order valence-corrected chi connectivity index (χ1v) is 13.0. The van der Waals surface area contributed by atoms with E-state index >= 15 is 0 Å². The first-order valence-electron chi connectivity index (χ1n) is 13.0. The number of esters is 1. The van der Waals surface area contributed by atoms with Gasteiger partial charge in [-0.15, -0.1) is 0 Å². The van der Waals surface area contributed by atoms with E-state index < -0.39 is 5.97 Å². The molecule has 1 atom stereocenters. The molecule has 1 aromatic heterocycles. The number of furan rings is 1. The Bertz CT molecular complexity index is 1700. The van der Waals surface area contributed by atoms with Crippen LogP contribution in [0.2, 0.25) is 0 Å². The Morgan fingerprint density at radius 1 is 0.925 bits per heavy atom. The fourth-order valence-corrected chi connectivity index (χ4v) is 5.25. The van der Waals surface area contributed by atoms with E-state index in [9.17, 15) is 9.90 Å². The van der Waals surface area contributed by atoms with Crippen LogP contribution in [0.25, 0.3) is 22.3 Å². The maximum absolute atomic E-state index is 13.0. The molecule has 7 nitrogen and oxygen atoms in total. The molecule has 0 amide bonds. The first-order chi connectivity index (χ1) is 19.5. The molecule has 202 valence electrons. The smallest absolute Gasteiger partial charge is 0.343 e. The lowest BCUT2D eigenvalue weighted by atomic mass is 9.95. The molecular formula is C33H28O7. The number of hydrogen-bond donors (Lipinski definition) is 1. The minimum atomic E-state index is -0.573. The number of carbonyl (C=O) groups excluding carboxylic acids is 1. The lowest BCUT2D eigenvalue weighted by Gasteiger charge is -2.28. The van der Waals surface area contributed by atoms with Crippen LogP contribution < -0.4 is 18.9 Å². The van der Waals surface area contributed by atoms with Gasteiger partial charge in [-0.3, -0.25) is 0 Å². The van der Waals surface area contributed by atoms with Crippen LogP contribution in [-0.2, 0) is 6.42 Å². The van der Waals surface area contributed by atoms with Crippen molar-refractivity contribution in [1.82, 2.24) is 0 Å². The highest BCUT2D eigenvalue weighted by Crippen LogP contribution is 2.50. The fourth-order valence-electron chi connectivity index (χ4n) is 5.25.